The molecular weight excluding hydrogens is 653 g/mol. The first-order chi connectivity index (χ1) is 25.9. The smallest absolute Gasteiger partial charge is 0.0653 e. The zero-order valence-corrected chi connectivity index (χ0v) is 35.1. The summed E-state index contributed by atoms with van der Waals surface area (Å²) in [6.07, 6.45) is 14.5. The number of hydrogen-bond donors (Lipinski definition) is 0. The molecule has 1 unspecified atom stereocenters. The monoisotopic (exact) mass is 721 g/mol. The van der Waals surface area contributed by atoms with Gasteiger partial charge in [0.25, 0.3) is 0 Å². The zero-order valence-electron chi connectivity index (χ0n) is 35.1. The van der Waals surface area contributed by atoms with Crippen LogP contribution in [-0.4, -0.2) is 25.3 Å². The van der Waals surface area contributed by atoms with Crippen LogP contribution in [0.4, 0.5) is 5.69 Å². The number of anilines is 1. The fourth-order valence-corrected chi connectivity index (χ4v) is 8.07. The van der Waals surface area contributed by atoms with E-state index in [1.54, 1.807) is 0 Å². The number of benzene rings is 4. The second-order valence-corrected chi connectivity index (χ2v) is 17.8. The minimum absolute atomic E-state index is 0.268. The summed E-state index contributed by atoms with van der Waals surface area (Å²) in [5.41, 5.74) is 14.7. The van der Waals surface area contributed by atoms with E-state index in [0.29, 0.717) is 11.3 Å². The van der Waals surface area contributed by atoms with Crippen LogP contribution in [0.1, 0.15) is 145 Å². The molecule has 1 aliphatic rings. The van der Waals surface area contributed by atoms with Gasteiger partial charge in [-0.15, -0.1) is 0 Å². The standard InChI is InChI=1S/C52H68N2/c1-10-54(11-2)44-33-31-43(32-34-44)50(42-27-23-39(3)24-28-42)47-35-36-49(46-22-18-17-21-45(46)47)53-37-19-15-13-12-14-16-20-40-25-29-41(30-26-40)48(52(7,8)9)38-51(4,5)6/h17-18,21-36,48H,10-16,19-20,37-38H2,1-9H3. The molecule has 0 saturated heterocycles. The molecule has 5 rings (SSSR count). The van der Waals surface area contributed by atoms with Gasteiger partial charge in [-0.25, -0.2) is 0 Å². The highest BCUT2D eigenvalue weighted by Gasteiger charge is 2.30. The number of aliphatic imine (C=N–C) groups is 1. The van der Waals surface area contributed by atoms with Gasteiger partial charge < -0.3 is 4.90 Å². The first-order valence-electron chi connectivity index (χ1n) is 21.0. The molecule has 0 fully saturated rings. The summed E-state index contributed by atoms with van der Waals surface area (Å²) in [6, 6.07) is 36.5. The van der Waals surface area contributed by atoms with E-state index in [-0.39, 0.29) is 5.41 Å². The Bertz CT molecular complexity index is 1850. The maximum atomic E-state index is 5.15. The predicted molar refractivity (Wildman–Crippen MR) is 238 cm³/mol. The van der Waals surface area contributed by atoms with E-state index in [4.69, 9.17) is 4.99 Å². The van der Waals surface area contributed by atoms with Crippen LogP contribution in [0.3, 0.4) is 0 Å². The molecular formula is C52H68N2. The molecule has 2 heteroatoms. The van der Waals surface area contributed by atoms with Gasteiger partial charge in [0.15, 0.2) is 0 Å². The topological polar surface area (TPSA) is 15.6 Å². The number of allylic oxidation sites excluding steroid dienone is 3. The third-order valence-corrected chi connectivity index (χ3v) is 11.2. The Morgan fingerprint density at radius 2 is 1.20 bits per heavy atom. The SMILES string of the molecule is CCN(CC)c1ccc(C(=C2C=CC(=NCCCCCCCCc3ccc(C(CC(C)(C)C)C(C)(C)C)cc3)c3ccccc32)c2ccc(C)cc2)cc1. The van der Waals surface area contributed by atoms with Gasteiger partial charge in [-0.2, -0.15) is 0 Å². The minimum atomic E-state index is 0.268. The largest absolute Gasteiger partial charge is 0.372 e. The molecule has 0 bridgehead atoms. The summed E-state index contributed by atoms with van der Waals surface area (Å²) in [4.78, 5) is 7.56. The van der Waals surface area contributed by atoms with E-state index in [0.717, 1.165) is 31.8 Å². The van der Waals surface area contributed by atoms with Crippen LogP contribution < -0.4 is 4.90 Å². The molecule has 0 amide bonds. The lowest BCUT2D eigenvalue weighted by atomic mass is 9.69. The van der Waals surface area contributed by atoms with Crippen molar-refractivity contribution in [2.75, 3.05) is 24.5 Å². The Balaban J connectivity index is 1.17. The number of fused-ring (bicyclic) bond motifs is 1. The van der Waals surface area contributed by atoms with E-state index in [9.17, 15) is 0 Å². The molecule has 286 valence electrons. The average molecular weight is 721 g/mol. The normalized spacial score (nSPS) is 15.3. The predicted octanol–water partition coefficient (Wildman–Crippen LogP) is 14.3. The Hall–Kier alpha value is -4.17. The van der Waals surface area contributed by atoms with Crippen molar-refractivity contribution in [3.05, 3.63) is 148 Å². The first kappa shape index (κ1) is 41.0. The molecule has 1 aliphatic carbocycles. The lowest BCUT2D eigenvalue weighted by molar-refractivity contribution is 0.229. The van der Waals surface area contributed by atoms with Crippen LogP contribution in [-0.2, 0) is 6.42 Å². The number of aryl methyl sites for hydroxylation is 2. The maximum absolute atomic E-state index is 5.15. The van der Waals surface area contributed by atoms with Crippen molar-refractivity contribution in [1.29, 1.82) is 0 Å². The van der Waals surface area contributed by atoms with Gasteiger partial charge in [0.2, 0.25) is 0 Å². The highest BCUT2D eigenvalue weighted by atomic mass is 15.1. The molecule has 0 heterocycles. The van der Waals surface area contributed by atoms with Crippen LogP contribution in [0.15, 0.2) is 114 Å². The van der Waals surface area contributed by atoms with Crippen molar-refractivity contribution in [1.82, 2.24) is 0 Å². The third-order valence-electron chi connectivity index (χ3n) is 11.2. The molecule has 0 aromatic heterocycles. The summed E-state index contributed by atoms with van der Waals surface area (Å²) in [6.45, 7) is 23.8. The van der Waals surface area contributed by atoms with Crippen LogP contribution >= 0.6 is 0 Å². The van der Waals surface area contributed by atoms with Crippen molar-refractivity contribution in [3.8, 4) is 0 Å². The molecule has 1 atom stereocenters. The molecule has 0 N–H and O–H groups in total. The van der Waals surface area contributed by atoms with Crippen LogP contribution in [0.2, 0.25) is 0 Å². The van der Waals surface area contributed by atoms with Gasteiger partial charge in [-0.3, -0.25) is 4.99 Å². The second kappa shape index (κ2) is 18.9. The zero-order chi connectivity index (χ0) is 38.7. The van der Waals surface area contributed by atoms with Gasteiger partial charge in [-0.1, -0.05) is 164 Å². The highest BCUT2D eigenvalue weighted by molar-refractivity contribution is 6.19. The molecule has 2 nitrogen and oxygen atoms in total. The van der Waals surface area contributed by atoms with Gasteiger partial charge in [0.1, 0.15) is 0 Å². The summed E-state index contributed by atoms with van der Waals surface area (Å²) in [5, 5.41) is 0. The quantitative estimate of drug-likeness (QED) is 0.105. The Morgan fingerprint density at radius 1 is 0.630 bits per heavy atom. The molecule has 0 aliphatic heterocycles. The van der Waals surface area contributed by atoms with E-state index >= 15 is 0 Å². The van der Waals surface area contributed by atoms with Gasteiger partial charge in [0.05, 0.1) is 5.71 Å². The number of nitrogens with zero attached hydrogens (tertiary/aromatic N) is 2. The number of hydrogen-bond acceptors (Lipinski definition) is 2. The number of unbranched alkanes of at least 4 members (excludes halogenated alkanes) is 5. The molecule has 0 spiro atoms. The van der Waals surface area contributed by atoms with E-state index in [2.05, 4.69) is 176 Å². The van der Waals surface area contributed by atoms with Crippen LogP contribution in [0.5, 0.6) is 0 Å². The van der Waals surface area contributed by atoms with Crippen molar-refractivity contribution >= 4 is 22.5 Å². The van der Waals surface area contributed by atoms with E-state index in [1.165, 1.54) is 101 Å². The molecule has 54 heavy (non-hydrogen) atoms. The fraction of sp³-hybridized carbons (Fsp3) is 0.442. The summed E-state index contributed by atoms with van der Waals surface area (Å²) >= 11 is 0. The Labute approximate surface area is 329 Å². The molecule has 0 radical (unpaired) electrons. The maximum Gasteiger partial charge on any atom is 0.0653 e. The lowest BCUT2D eigenvalue weighted by Gasteiger charge is -2.36. The van der Waals surface area contributed by atoms with Gasteiger partial charge in [0, 0.05) is 30.9 Å². The Kier molecular flexibility index (Phi) is 14.4. The lowest BCUT2D eigenvalue weighted by Crippen LogP contribution is -2.23. The fourth-order valence-electron chi connectivity index (χ4n) is 8.07. The summed E-state index contributed by atoms with van der Waals surface area (Å²) < 4.78 is 0. The molecule has 4 aromatic carbocycles. The van der Waals surface area contributed by atoms with E-state index < -0.39 is 0 Å². The van der Waals surface area contributed by atoms with E-state index in [1.807, 2.05) is 0 Å². The minimum Gasteiger partial charge on any atom is -0.372 e. The van der Waals surface area contributed by atoms with Crippen molar-refractivity contribution in [3.63, 3.8) is 0 Å². The van der Waals surface area contributed by atoms with Gasteiger partial charge >= 0.3 is 0 Å². The molecule has 4 aromatic rings. The van der Waals surface area contributed by atoms with Crippen LogP contribution in [0.25, 0.3) is 11.1 Å². The van der Waals surface area contributed by atoms with Crippen molar-refractivity contribution in [2.45, 2.75) is 120 Å². The average Bonchev–Trinajstić information content (AvgIpc) is 3.15. The molecule has 0 saturated carbocycles. The highest BCUT2D eigenvalue weighted by Crippen LogP contribution is 2.43. The summed E-state index contributed by atoms with van der Waals surface area (Å²) in [5.74, 6) is 0.582. The van der Waals surface area contributed by atoms with Gasteiger partial charge in [-0.05, 0) is 120 Å². The first-order valence-corrected chi connectivity index (χ1v) is 21.0. The van der Waals surface area contributed by atoms with Crippen molar-refractivity contribution in [2.24, 2.45) is 15.8 Å². The number of rotatable bonds is 16. The van der Waals surface area contributed by atoms with Crippen molar-refractivity contribution < 1.29 is 0 Å². The van der Waals surface area contributed by atoms with Crippen LogP contribution in [0, 0.1) is 17.8 Å². The Morgan fingerprint density at radius 3 is 1.80 bits per heavy atom. The third kappa shape index (κ3) is 11.2. The second-order valence-electron chi connectivity index (χ2n) is 17.8. The summed E-state index contributed by atoms with van der Waals surface area (Å²) in [7, 11) is 0.